The molecule has 1 aliphatic rings. The Labute approximate surface area is 187 Å². The van der Waals surface area contributed by atoms with Crippen molar-refractivity contribution in [2.24, 2.45) is 0 Å². The van der Waals surface area contributed by atoms with Crippen LogP contribution in [0.2, 0.25) is 0 Å². The van der Waals surface area contributed by atoms with E-state index in [-0.39, 0.29) is 52.4 Å². The third-order valence-electron chi connectivity index (χ3n) is 5.97. The van der Waals surface area contributed by atoms with Crippen LogP contribution in [0.25, 0.3) is 33.4 Å². The highest BCUT2D eigenvalue weighted by atomic mass is 32.2. The normalized spacial score (nSPS) is 15.9. The molecule has 0 amide bonds. The molecule has 0 bridgehead atoms. The highest BCUT2D eigenvalue weighted by Crippen LogP contribution is 2.38. The van der Waals surface area contributed by atoms with E-state index in [0.717, 1.165) is 12.1 Å². The summed E-state index contributed by atoms with van der Waals surface area (Å²) < 4.78 is 64.2. The largest absolute Gasteiger partial charge is 0.356 e. The molecule has 0 fully saturated rings. The quantitative estimate of drug-likeness (QED) is 0.479. The number of halogens is 2. The molecule has 2 aromatic carbocycles. The van der Waals surface area contributed by atoms with Gasteiger partial charge in [0.1, 0.15) is 17.3 Å². The van der Waals surface area contributed by atoms with Gasteiger partial charge in [0.15, 0.2) is 5.58 Å². The van der Waals surface area contributed by atoms with Crippen LogP contribution in [0.5, 0.6) is 0 Å². The second-order valence-corrected chi connectivity index (χ2v) is 10.00. The van der Waals surface area contributed by atoms with Crippen LogP contribution in [0, 0.1) is 18.6 Å². The summed E-state index contributed by atoms with van der Waals surface area (Å²) in [5.41, 5.74) is 0.880. The zero-order valence-electron chi connectivity index (χ0n) is 17.8. The van der Waals surface area contributed by atoms with Crippen LogP contribution < -0.4 is 10.3 Å². The molecule has 1 aliphatic heterocycles. The maximum Gasteiger partial charge on any atom is 0.276 e. The first-order chi connectivity index (χ1) is 15.7. The van der Waals surface area contributed by atoms with Crippen LogP contribution in [0.4, 0.5) is 8.78 Å². The van der Waals surface area contributed by atoms with E-state index in [2.05, 4.69) is 9.88 Å². The number of hydrogen-bond donors (Lipinski definition) is 1. The molecule has 1 unspecified atom stereocenters. The van der Waals surface area contributed by atoms with E-state index in [9.17, 15) is 22.0 Å². The van der Waals surface area contributed by atoms with Gasteiger partial charge in [-0.05, 0) is 32.0 Å². The van der Waals surface area contributed by atoms with Gasteiger partial charge in [0.25, 0.3) is 5.56 Å². The van der Waals surface area contributed by atoms with Gasteiger partial charge in [0.2, 0.25) is 10.0 Å². The van der Waals surface area contributed by atoms with Crippen molar-refractivity contribution in [2.45, 2.75) is 33.0 Å². The highest BCUT2D eigenvalue weighted by molar-refractivity contribution is 7.89. The SMILES string of the molecule is CCS(=O)(=O)NC1Cn2c(C)c(-c3noc4cccc(-c5c(F)cccc5F)c34)c(=O)n2C1. The Balaban J connectivity index is 1.66. The Morgan fingerprint density at radius 3 is 2.42 bits per heavy atom. The molecule has 5 rings (SSSR count). The summed E-state index contributed by atoms with van der Waals surface area (Å²) >= 11 is 0. The van der Waals surface area contributed by atoms with Crippen LogP contribution >= 0.6 is 0 Å². The second kappa shape index (κ2) is 7.63. The maximum absolute atomic E-state index is 14.6. The van der Waals surface area contributed by atoms with E-state index < -0.39 is 27.7 Å². The Hall–Kier alpha value is -3.31. The summed E-state index contributed by atoms with van der Waals surface area (Å²) in [6.45, 7) is 3.68. The molecule has 8 nitrogen and oxygen atoms in total. The molecule has 1 N–H and O–H groups in total. The summed E-state index contributed by atoms with van der Waals surface area (Å²) in [7, 11) is -3.43. The Bertz CT molecular complexity index is 1550. The lowest BCUT2D eigenvalue weighted by Gasteiger charge is -2.11. The molecule has 1 atom stereocenters. The molecule has 3 heterocycles. The summed E-state index contributed by atoms with van der Waals surface area (Å²) in [5, 5.41) is 4.41. The lowest BCUT2D eigenvalue weighted by molar-refractivity contribution is 0.459. The Morgan fingerprint density at radius 1 is 1.09 bits per heavy atom. The number of nitrogens with zero attached hydrogens (tertiary/aromatic N) is 3. The first kappa shape index (κ1) is 21.5. The van der Waals surface area contributed by atoms with Gasteiger partial charge in [0, 0.05) is 11.3 Å². The van der Waals surface area contributed by atoms with Gasteiger partial charge >= 0.3 is 0 Å². The molecule has 0 saturated heterocycles. The van der Waals surface area contributed by atoms with Crippen molar-refractivity contribution < 1.29 is 21.7 Å². The van der Waals surface area contributed by atoms with Crippen molar-refractivity contribution >= 4 is 21.0 Å². The first-order valence-corrected chi connectivity index (χ1v) is 12.0. The average Bonchev–Trinajstić information content (AvgIpc) is 3.43. The number of aromatic nitrogens is 3. The number of rotatable bonds is 5. The number of fused-ring (bicyclic) bond motifs is 2. The zero-order chi connectivity index (χ0) is 23.5. The van der Waals surface area contributed by atoms with E-state index in [1.807, 2.05) is 0 Å². The smallest absolute Gasteiger partial charge is 0.276 e. The van der Waals surface area contributed by atoms with E-state index in [4.69, 9.17) is 4.52 Å². The van der Waals surface area contributed by atoms with Crippen molar-refractivity contribution in [3.63, 3.8) is 0 Å². The minimum absolute atomic E-state index is 0.0577. The zero-order valence-corrected chi connectivity index (χ0v) is 18.6. The predicted molar refractivity (Wildman–Crippen MR) is 118 cm³/mol. The molecular weight excluding hydrogens is 454 g/mol. The Morgan fingerprint density at radius 2 is 1.76 bits per heavy atom. The van der Waals surface area contributed by atoms with Crippen LogP contribution in [-0.4, -0.2) is 34.7 Å². The molecular formula is C22H20F2N4O4S. The highest BCUT2D eigenvalue weighted by Gasteiger charge is 2.32. The van der Waals surface area contributed by atoms with E-state index >= 15 is 0 Å². The number of nitrogens with one attached hydrogen (secondary N) is 1. The summed E-state index contributed by atoms with van der Waals surface area (Å²) in [6, 6.07) is 7.91. The fourth-order valence-electron chi connectivity index (χ4n) is 4.41. The minimum Gasteiger partial charge on any atom is -0.356 e. The average molecular weight is 474 g/mol. The molecule has 0 aliphatic carbocycles. The topological polar surface area (TPSA) is 99.1 Å². The van der Waals surface area contributed by atoms with E-state index in [1.54, 1.807) is 36.7 Å². The van der Waals surface area contributed by atoms with Crippen LogP contribution in [0.15, 0.2) is 45.7 Å². The number of benzene rings is 2. The molecule has 0 radical (unpaired) electrons. The van der Waals surface area contributed by atoms with E-state index in [0.29, 0.717) is 11.1 Å². The van der Waals surface area contributed by atoms with Gasteiger partial charge in [-0.15, -0.1) is 0 Å². The van der Waals surface area contributed by atoms with Crippen molar-refractivity contribution in [1.82, 2.24) is 19.2 Å². The van der Waals surface area contributed by atoms with Crippen molar-refractivity contribution in [1.29, 1.82) is 0 Å². The van der Waals surface area contributed by atoms with E-state index in [1.165, 1.54) is 10.7 Å². The molecule has 0 saturated carbocycles. The maximum atomic E-state index is 14.6. The molecule has 11 heteroatoms. The Kier molecular flexibility index (Phi) is 4.98. The molecule has 2 aromatic heterocycles. The van der Waals surface area contributed by atoms with Gasteiger partial charge < -0.3 is 4.52 Å². The third kappa shape index (κ3) is 3.39. The minimum atomic E-state index is -3.43. The van der Waals surface area contributed by atoms with Gasteiger partial charge in [-0.25, -0.2) is 26.6 Å². The molecule has 33 heavy (non-hydrogen) atoms. The van der Waals surface area contributed by atoms with Gasteiger partial charge in [-0.1, -0.05) is 23.4 Å². The monoisotopic (exact) mass is 474 g/mol. The molecule has 4 aromatic rings. The summed E-state index contributed by atoms with van der Waals surface area (Å²) in [5.74, 6) is -1.54. The third-order valence-corrected chi connectivity index (χ3v) is 7.42. The fraction of sp³-hybridized carbons (Fsp3) is 0.273. The van der Waals surface area contributed by atoms with Gasteiger partial charge in [-0.2, -0.15) is 0 Å². The first-order valence-electron chi connectivity index (χ1n) is 10.3. The number of hydrogen-bond acceptors (Lipinski definition) is 5. The summed E-state index contributed by atoms with van der Waals surface area (Å²) in [6.07, 6.45) is 0. The van der Waals surface area contributed by atoms with Crippen molar-refractivity contribution in [3.8, 4) is 22.4 Å². The molecule has 172 valence electrons. The van der Waals surface area contributed by atoms with Gasteiger partial charge in [0.05, 0.1) is 41.4 Å². The van der Waals surface area contributed by atoms with Crippen molar-refractivity contribution in [2.75, 3.05) is 5.75 Å². The fourth-order valence-corrected chi connectivity index (χ4v) is 5.23. The van der Waals surface area contributed by atoms with Crippen LogP contribution in [-0.2, 0) is 23.1 Å². The van der Waals surface area contributed by atoms with Crippen LogP contribution in [0.1, 0.15) is 12.6 Å². The second-order valence-electron chi connectivity index (χ2n) is 7.95. The lowest BCUT2D eigenvalue weighted by Crippen LogP contribution is -2.38. The van der Waals surface area contributed by atoms with Crippen LogP contribution in [0.3, 0.4) is 0 Å². The van der Waals surface area contributed by atoms with Gasteiger partial charge in [-0.3, -0.25) is 9.48 Å². The number of sulfonamides is 1. The van der Waals surface area contributed by atoms with Crippen molar-refractivity contribution in [3.05, 3.63) is 64.1 Å². The predicted octanol–water partition coefficient (Wildman–Crippen LogP) is 3.03. The lowest BCUT2D eigenvalue weighted by atomic mass is 9.97. The standard InChI is InChI=1S/C22H20F2N4O4S/c1-3-33(30,31)26-13-10-27-12(2)18(22(29)28(27)11-13)21-20-14(6-4-9-17(20)32-25-21)19-15(23)7-5-8-16(19)24/h4-9,13,26H,3,10-11H2,1-2H3. The summed E-state index contributed by atoms with van der Waals surface area (Å²) in [4.78, 5) is 13.3. The molecule has 0 spiro atoms.